The minimum Gasteiger partial charge on any atom is -0.328 e. The van der Waals surface area contributed by atoms with Gasteiger partial charge in [-0.05, 0) is 34.1 Å². The predicted molar refractivity (Wildman–Crippen MR) is 74.5 cm³/mol. The van der Waals surface area contributed by atoms with E-state index < -0.39 is 18.6 Å². The van der Waals surface area contributed by atoms with Gasteiger partial charge in [0.2, 0.25) is 0 Å². The second-order valence-corrected chi connectivity index (χ2v) is 5.80. The first kappa shape index (κ1) is 16.8. The summed E-state index contributed by atoms with van der Waals surface area (Å²) >= 11 is 11.8. The smallest absolute Gasteiger partial charge is 0.328 e. The van der Waals surface area contributed by atoms with E-state index in [1.165, 1.54) is 6.07 Å². The number of amides is 1. The Morgan fingerprint density at radius 2 is 1.95 bits per heavy atom. The van der Waals surface area contributed by atoms with Crippen LogP contribution in [0.5, 0.6) is 0 Å². The summed E-state index contributed by atoms with van der Waals surface area (Å²) in [5.41, 5.74) is 0.156. The lowest BCUT2D eigenvalue weighted by Gasteiger charge is -2.23. The fourth-order valence-electron chi connectivity index (χ4n) is 1.40. The van der Waals surface area contributed by atoms with E-state index >= 15 is 0 Å². The maximum Gasteiger partial charge on any atom is 0.406 e. The lowest BCUT2D eigenvalue weighted by Crippen LogP contribution is -2.40. The highest BCUT2D eigenvalue weighted by atomic mass is 79.9. The Kier molecular flexibility index (Phi) is 6.14. The Bertz CT molecular complexity index is 468. The van der Waals surface area contributed by atoms with Crippen molar-refractivity contribution >= 4 is 49.4 Å². The third kappa shape index (κ3) is 5.31. The summed E-state index contributed by atoms with van der Waals surface area (Å²) in [5, 5.41) is 0. The van der Waals surface area contributed by atoms with E-state index in [0.29, 0.717) is 13.8 Å². The van der Waals surface area contributed by atoms with E-state index in [2.05, 4.69) is 31.9 Å². The van der Waals surface area contributed by atoms with Crippen molar-refractivity contribution < 1.29 is 18.0 Å². The number of benzene rings is 1. The molecule has 1 rings (SSSR count). The van der Waals surface area contributed by atoms with Gasteiger partial charge in [0.15, 0.2) is 0 Å². The SMILES string of the molecule is O=C(c1cc(Br)ccc1Br)N(CCCl)CC(F)(F)F. The molecule has 1 aromatic carbocycles. The molecule has 0 radical (unpaired) electrons. The molecular weight excluding hydrogens is 414 g/mol. The summed E-state index contributed by atoms with van der Waals surface area (Å²) < 4.78 is 38.3. The number of rotatable bonds is 4. The molecule has 1 amide bonds. The molecule has 106 valence electrons. The van der Waals surface area contributed by atoms with Gasteiger partial charge in [-0.15, -0.1) is 11.6 Å². The molecule has 0 spiro atoms. The highest BCUT2D eigenvalue weighted by molar-refractivity contribution is 9.11. The van der Waals surface area contributed by atoms with Gasteiger partial charge >= 0.3 is 6.18 Å². The number of halogens is 6. The van der Waals surface area contributed by atoms with E-state index in [9.17, 15) is 18.0 Å². The van der Waals surface area contributed by atoms with Gasteiger partial charge in [0.05, 0.1) is 5.56 Å². The summed E-state index contributed by atoms with van der Waals surface area (Å²) in [6.45, 7) is -1.49. The van der Waals surface area contributed by atoms with E-state index in [1.807, 2.05) is 0 Å². The number of alkyl halides is 4. The Morgan fingerprint density at radius 3 is 2.47 bits per heavy atom. The topological polar surface area (TPSA) is 20.3 Å². The fraction of sp³-hybridized carbons (Fsp3) is 0.364. The van der Waals surface area contributed by atoms with Crippen molar-refractivity contribution in [2.75, 3.05) is 19.0 Å². The van der Waals surface area contributed by atoms with E-state index in [-0.39, 0.29) is 18.0 Å². The maximum atomic E-state index is 12.4. The summed E-state index contributed by atoms with van der Waals surface area (Å²) in [6, 6.07) is 4.73. The lowest BCUT2D eigenvalue weighted by molar-refractivity contribution is -0.140. The van der Waals surface area contributed by atoms with Crippen LogP contribution in [-0.4, -0.2) is 36.0 Å². The molecule has 19 heavy (non-hydrogen) atoms. The average molecular weight is 423 g/mol. The molecule has 0 aliphatic heterocycles. The molecule has 0 saturated carbocycles. The number of carbonyl (C=O) groups is 1. The minimum atomic E-state index is -4.46. The van der Waals surface area contributed by atoms with Crippen molar-refractivity contribution in [3.05, 3.63) is 32.7 Å². The van der Waals surface area contributed by atoms with Crippen LogP contribution in [0, 0.1) is 0 Å². The van der Waals surface area contributed by atoms with Gasteiger partial charge in [-0.2, -0.15) is 13.2 Å². The highest BCUT2D eigenvalue weighted by Gasteiger charge is 2.33. The zero-order chi connectivity index (χ0) is 14.6. The number of hydrogen-bond donors (Lipinski definition) is 0. The molecule has 0 N–H and O–H groups in total. The van der Waals surface area contributed by atoms with Gasteiger partial charge in [-0.25, -0.2) is 0 Å². The van der Waals surface area contributed by atoms with Crippen LogP contribution >= 0.6 is 43.5 Å². The molecule has 0 aliphatic rings. The molecular formula is C11H9Br2ClF3NO. The third-order valence-electron chi connectivity index (χ3n) is 2.17. The van der Waals surface area contributed by atoms with Crippen molar-refractivity contribution in [1.82, 2.24) is 4.90 Å². The molecule has 0 aliphatic carbocycles. The van der Waals surface area contributed by atoms with Crippen LogP contribution in [0.2, 0.25) is 0 Å². The standard InChI is InChI=1S/C11H9Br2ClF3NO/c12-7-1-2-9(13)8(5-7)10(19)18(4-3-14)6-11(15,16)17/h1-2,5H,3-4,6H2. The molecule has 1 aromatic rings. The van der Waals surface area contributed by atoms with Gasteiger partial charge < -0.3 is 4.90 Å². The van der Waals surface area contributed by atoms with Gasteiger partial charge in [-0.3, -0.25) is 4.79 Å². The molecule has 2 nitrogen and oxygen atoms in total. The Morgan fingerprint density at radius 1 is 1.32 bits per heavy atom. The third-order valence-corrected chi connectivity index (χ3v) is 3.52. The van der Waals surface area contributed by atoms with Crippen molar-refractivity contribution in [3.8, 4) is 0 Å². The van der Waals surface area contributed by atoms with Crippen molar-refractivity contribution in [2.24, 2.45) is 0 Å². The predicted octanol–water partition coefficient (Wildman–Crippen LogP) is 4.45. The normalized spacial score (nSPS) is 11.5. The first-order valence-corrected chi connectivity index (χ1v) is 7.23. The Balaban J connectivity index is 3.02. The van der Waals surface area contributed by atoms with Crippen LogP contribution in [0.4, 0.5) is 13.2 Å². The summed E-state index contributed by atoms with van der Waals surface area (Å²) in [7, 11) is 0. The highest BCUT2D eigenvalue weighted by Crippen LogP contribution is 2.24. The van der Waals surface area contributed by atoms with E-state index in [4.69, 9.17) is 11.6 Å². The molecule has 0 atom stereocenters. The van der Waals surface area contributed by atoms with E-state index in [0.717, 1.165) is 0 Å². The van der Waals surface area contributed by atoms with Crippen LogP contribution in [0.3, 0.4) is 0 Å². The van der Waals surface area contributed by atoms with Crippen molar-refractivity contribution in [3.63, 3.8) is 0 Å². The molecule has 0 unspecified atom stereocenters. The lowest BCUT2D eigenvalue weighted by atomic mass is 10.2. The molecule has 0 bridgehead atoms. The molecule has 0 fully saturated rings. The number of hydrogen-bond acceptors (Lipinski definition) is 1. The maximum absolute atomic E-state index is 12.4. The van der Waals surface area contributed by atoms with Crippen LogP contribution in [0.25, 0.3) is 0 Å². The van der Waals surface area contributed by atoms with Crippen molar-refractivity contribution in [2.45, 2.75) is 6.18 Å². The van der Waals surface area contributed by atoms with E-state index in [1.54, 1.807) is 12.1 Å². The average Bonchev–Trinajstić information content (AvgIpc) is 2.29. The molecule has 8 heteroatoms. The van der Waals surface area contributed by atoms with Crippen LogP contribution in [0.15, 0.2) is 27.1 Å². The van der Waals surface area contributed by atoms with Crippen LogP contribution in [0.1, 0.15) is 10.4 Å². The van der Waals surface area contributed by atoms with Gasteiger partial charge in [-0.1, -0.05) is 15.9 Å². The molecule has 0 heterocycles. The fourth-order valence-corrected chi connectivity index (χ4v) is 2.38. The summed E-state index contributed by atoms with van der Waals surface area (Å²) in [4.78, 5) is 12.8. The Labute approximate surface area is 130 Å². The number of carbonyl (C=O) groups excluding carboxylic acids is 1. The zero-order valence-corrected chi connectivity index (χ0v) is 13.4. The quantitative estimate of drug-likeness (QED) is 0.655. The monoisotopic (exact) mass is 421 g/mol. The first-order chi connectivity index (χ1) is 8.74. The van der Waals surface area contributed by atoms with Crippen LogP contribution < -0.4 is 0 Å². The zero-order valence-electron chi connectivity index (χ0n) is 9.48. The second-order valence-electron chi connectivity index (χ2n) is 3.66. The summed E-state index contributed by atoms with van der Waals surface area (Å²) in [5.74, 6) is -0.779. The molecule has 0 aromatic heterocycles. The first-order valence-electron chi connectivity index (χ1n) is 5.11. The second kappa shape index (κ2) is 6.95. The number of nitrogens with zero attached hydrogens (tertiary/aromatic N) is 1. The van der Waals surface area contributed by atoms with Gasteiger partial charge in [0.1, 0.15) is 6.54 Å². The minimum absolute atomic E-state index is 0.0621. The largest absolute Gasteiger partial charge is 0.406 e. The van der Waals surface area contributed by atoms with Gasteiger partial charge in [0, 0.05) is 21.4 Å². The summed E-state index contributed by atoms with van der Waals surface area (Å²) in [6.07, 6.45) is -4.46. The molecule has 0 saturated heterocycles. The Hall–Kier alpha value is -0.270. The van der Waals surface area contributed by atoms with Crippen LogP contribution in [-0.2, 0) is 0 Å². The van der Waals surface area contributed by atoms with Gasteiger partial charge in [0.25, 0.3) is 5.91 Å². The van der Waals surface area contributed by atoms with Crippen molar-refractivity contribution in [1.29, 1.82) is 0 Å².